The van der Waals surface area contributed by atoms with Crippen molar-refractivity contribution in [2.45, 2.75) is 32.2 Å². The van der Waals surface area contributed by atoms with Crippen LogP contribution in [0.15, 0.2) is 24.3 Å². The Bertz CT molecular complexity index is 349. The van der Waals surface area contributed by atoms with Gasteiger partial charge in [0.15, 0.2) is 5.79 Å². The number of aryl methyl sites for hydroxylation is 1. The first kappa shape index (κ1) is 11.6. The van der Waals surface area contributed by atoms with Gasteiger partial charge in [0.1, 0.15) is 6.10 Å². The lowest BCUT2D eigenvalue weighted by molar-refractivity contribution is -0.145. The first-order valence-corrected chi connectivity index (χ1v) is 5.77. The number of benzene rings is 1. The maximum Gasteiger partial charge on any atom is 0.178 e. The summed E-state index contributed by atoms with van der Waals surface area (Å²) in [6, 6.07) is 8.48. The zero-order valence-electron chi connectivity index (χ0n) is 9.90. The smallest absolute Gasteiger partial charge is 0.178 e. The molecule has 1 aliphatic heterocycles. The van der Waals surface area contributed by atoms with Gasteiger partial charge in [-0.15, -0.1) is 0 Å². The topological polar surface area (TPSA) is 44.5 Å². The van der Waals surface area contributed by atoms with E-state index >= 15 is 0 Å². The minimum absolute atomic E-state index is 0.0134. The van der Waals surface area contributed by atoms with Crippen molar-refractivity contribution in [3.05, 3.63) is 35.4 Å². The van der Waals surface area contributed by atoms with Crippen molar-refractivity contribution in [2.75, 3.05) is 13.2 Å². The Morgan fingerprint density at radius 1 is 1.38 bits per heavy atom. The fourth-order valence-corrected chi connectivity index (χ4v) is 1.86. The molecule has 1 fully saturated rings. The molecule has 0 bridgehead atoms. The summed E-state index contributed by atoms with van der Waals surface area (Å²) in [5, 5.41) is 0. The highest BCUT2D eigenvalue weighted by atomic mass is 16.7. The number of nitrogens with two attached hydrogens (primary N) is 1. The van der Waals surface area contributed by atoms with Gasteiger partial charge in [-0.3, -0.25) is 0 Å². The zero-order chi connectivity index (χ0) is 11.6. The average Bonchev–Trinajstić information content (AvgIpc) is 2.73. The summed E-state index contributed by atoms with van der Waals surface area (Å²) < 4.78 is 11.4. The highest BCUT2D eigenvalue weighted by Gasteiger charge is 2.36. The molecule has 88 valence electrons. The van der Waals surface area contributed by atoms with Crippen LogP contribution in [0.2, 0.25) is 0 Å². The number of ether oxygens (including phenoxy) is 2. The molecule has 2 unspecified atom stereocenters. The van der Waals surface area contributed by atoms with Gasteiger partial charge in [0, 0.05) is 6.54 Å². The normalized spacial score (nSPS) is 29.6. The summed E-state index contributed by atoms with van der Waals surface area (Å²) >= 11 is 0. The van der Waals surface area contributed by atoms with E-state index in [1.807, 2.05) is 6.92 Å². The molecule has 2 rings (SSSR count). The molecule has 0 aromatic heterocycles. The SMILES string of the molecule is CCc1ccc(C2COC(C)(CN)O2)cc1. The van der Waals surface area contributed by atoms with Gasteiger partial charge < -0.3 is 15.2 Å². The summed E-state index contributed by atoms with van der Waals surface area (Å²) in [5.41, 5.74) is 8.10. The molecular formula is C13H19NO2. The second kappa shape index (κ2) is 4.53. The molecule has 0 aliphatic carbocycles. The van der Waals surface area contributed by atoms with E-state index in [4.69, 9.17) is 15.2 Å². The van der Waals surface area contributed by atoms with Crippen LogP contribution in [0.5, 0.6) is 0 Å². The first-order valence-electron chi connectivity index (χ1n) is 5.77. The summed E-state index contributed by atoms with van der Waals surface area (Å²) in [7, 11) is 0. The van der Waals surface area contributed by atoms with E-state index in [1.165, 1.54) is 5.56 Å². The average molecular weight is 221 g/mol. The Morgan fingerprint density at radius 2 is 2.06 bits per heavy atom. The van der Waals surface area contributed by atoms with E-state index in [2.05, 4.69) is 31.2 Å². The Morgan fingerprint density at radius 3 is 2.56 bits per heavy atom. The van der Waals surface area contributed by atoms with Crippen LogP contribution >= 0.6 is 0 Å². The van der Waals surface area contributed by atoms with E-state index < -0.39 is 5.79 Å². The van der Waals surface area contributed by atoms with Crippen LogP contribution in [0, 0.1) is 0 Å². The van der Waals surface area contributed by atoms with E-state index in [0.717, 1.165) is 12.0 Å². The molecule has 1 aromatic rings. The largest absolute Gasteiger partial charge is 0.346 e. The van der Waals surface area contributed by atoms with Gasteiger partial charge >= 0.3 is 0 Å². The van der Waals surface area contributed by atoms with Crippen LogP contribution in [-0.2, 0) is 15.9 Å². The van der Waals surface area contributed by atoms with E-state index in [-0.39, 0.29) is 6.10 Å². The van der Waals surface area contributed by atoms with Crippen LogP contribution in [0.4, 0.5) is 0 Å². The third kappa shape index (κ3) is 2.26. The summed E-state index contributed by atoms with van der Waals surface area (Å²) in [5.74, 6) is -0.617. The lowest BCUT2D eigenvalue weighted by Crippen LogP contribution is -2.35. The summed E-state index contributed by atoms with van der Waals surface area (Å²) in [6.45, 7) is 5.00. The monoisotopic (exact) mass is 221 g/mol. The van der Waals surface area contributed by atoms with Crippen LogP contribution < -0.4 is 5.73 Å². The molecule has 16 heavy (non-hydrogen) atoms. The Balaban J connectivity index is 2.08. The van der Waals surface area contributed by atoms with Crippen LogP contribution in [0.25, 0.3) is 0 Å². The van der Waals surface area contributed by atoms with Crippen LogP contribution in [-0.4, -0.2) is 18.9 Å². The molecule has 0 radical (unpaired) electrons. The van der Waals surface area contributed by atoms with Crippen molar-refractivity contribution in [1.82, 2.24) is 0 Å². The first-order chi connectivity index (χ1) is 7.67. The van der Waals surface area contributed by atoms with Crippen molar-refractivity contribution < 1.29 is 9.47 Å². The highest BCUT2D eigenvalue weighted by molar-refractivity contribution is 5.24. The molecule has 3 heteroatoms. The maximum absolute atomic E-state index is 5.81. The summed E-state index contributed by atoms with van der Waals surface area (Å²) in [4.78, 5) is 0. The van der Waals surface area contributed by atoms with Crippen molar-refractivity contribution in [3.8, 4) is 0 Å². The van der Waals surface area contributed by atoms with Crippen molar-refractivity contribution in [3.63, 3.8) is 0 Å². The third-order valence-corrected chi connectivity index (χ3v) is 3.06. The summed E-state index contributed by atoms with van der Waals surface area (Å²) in [6.07, 6.45) is 1.07. The van der Waals surface area contributed by atoms with Gasteiger partial charge in [0.2, 0.25) is 0 Å². The van der Waals surface area contributed by atoms with E-state index in [9.17, 15) is 0 Å². The van der Waals surface area contributed by atoms with Crippen molar-refractivity contribution in [1.29, 1.82) is 0 Å². The Labute approximate surface area is 96.5 Å². The Kier molecular flexibility index (Phi) is 3.28. The van der Waals surface area contributed by atoms with Crippen molar-refractivity contribution in [2.24, 2.45) is 5.73 Å². The fourth-order valence-electron chi connectivity index (χ4n) is 1.86. The Hall–Kier alpha value is -0.900. The molecule has 2 atom stereocenters. The van der Waals surface area contributed by atoms with Gasteiger partial charge in [-0.1, -0.05) is 31.2 Å². The molecule has 3 nitrogen and oxygen atoms in total. The second-order valence-corrected chi connectivity index (χ2v) is 4.35. The van der Waals surface area contributed by atoms with Gasteiger partial charge in [-0.25, -0.2) is 0 Å². The fraction of sp³-hybridized carbons (Fsp3) is 0.538. The molecule has 0 amide bonds. The maximum atomic E-state index is 5.81. The molecule has 1 aliphatic rings. The lowest BCUT2D eigenvalue weighted by atomic mass is 10.1. The van der Waals surface area contributed by atoms with Crippen LogP contribution in [0.3, 0.4) is 0 Å². The molecule has 0 spiro atoms. The molecule has 2 N–H and O–H groups in total. The van der Waals surface area contributed by atoms with Crippen LogP contribution in [0.1, 0.15) is 31.1 Å². The van der Waals surface area contributed by atoms with Gasteiger partial charge in [-0.2, -0.15) is 0 Å². The van der Waals surface area contributed by atoms with E-state index in [0.29, 0.717) is 13.2 Å². The van der Waals surface area contributed by atoms with Crippen molar-refractivity contribution >= 4 is 0 Å². The standard InChI is InChI=1S/C13H19NO2/c1-3-10-4-6-11(7-5-10)12-8-15-13(2,9-14)16-12/h4-7,12H,3,8-9,14H2,1-2H3. The minimum atomic E-state index is -0.617. The van der Waals surface area contributed by atoms with E-state index in [1.54, 1.807) is 0 Å². The molecular weight excluding hydrogens is 202 g/mol. The second-order valence-electron chi connectivity index (χ2n) is 4.35. The highest BCUT2D eigenvalue weighted by Crippen LogP contribution is 2.32. The zero-order valence-corrected chi connectivity index (χ0v) is 9.90. The minimum Gasteiger partial charge on any atom is -0.346 e. The molecule has 1 heterocycles. The lowest BCUT2D eigenvalue weighted by Gasteiger charge is -2.20. The number of hydrogen-bond donors (Lipinski definition) is 1. The van der Waals surface area contributed by atoms with Gasteiger partial charge in [0.05, 0.1) is 6.61 Å². The molecule has 1 saturated heterocycles. The molecule has 0 saturated carbocycles. The third-order valence-electron chi connectivity index (χ3n) is 3.06. The van der Waals surface area contributed by atoms with Gasteiger partial charge in [0.25, 0.3) is 0 Å². The number of rotatable bonds is 3. The number of hydrogen-bond acceptors (Lipinski definition) is 3. The quantitative estimate of drug-likeness (QED) is 0.849. The predicted octanol–water partition coefficient (Wildman–Crippen LogP) is 2.01. The predicted molar refractivity (Wildman–Crippen MR) is 63.1 cm³/mol. The van der Waals surface area contributed by atoms with Gasteiger partial charge in [-0.05, 0) is 24.5 Å². The molecule has 1 aromatic carbocycles.